The third-order valence-electron chi connectivity index (χ3n) is 2.02. The second-order valence-electron chi connectivity index (χ2n) is 3.65. The van der Waals surface area contributed by atoms with Crippen LogP contribution in [0.1, 0.15) is 6.92 Å². The highest BCUT2D eigenvalue weighted by Gasteiger charge is 2.05. The van der Waals surface area contributed by atoms with E-state index in [1.807, 2.05) is 25.1 Å². The number of hydrogen-bond acceptors (Lipinski definition) is 4. The van der Waals surface area contributed by atoms with Crippen LogP contribution in [-0.2, 0) is 0 Å². The Morgan fingerprint density at radius 1 is 1.35 bits per heavy atom. The van der Waals surface area contributed by atoms with E-state index in [0.717, 1.165) is 15.8 Å². The molecule has 0 saturated heterocycles. The molecule has 92 valence electrons. The molecule has 0 spiro atoms. The molecule has 2 aromatic rings. The second kappa shape index (κ2) is 7.01. The van der Waals surface area contributed by atoms with Crippen LogP contribution < -0.4 is 5.73 Å². The second-order valence-corrected chi connectivity index (χ2v) is 5.78. The molecule has 0 radical (unpaired) electrons. The number of halogens is 1. The van der Waals surface area contributed by atoms with Gasteiger partial charge in [0.2, 0.25) is 0 Å². The van der Waals surface area contributed by atoms with Crippen molar-refractivity contribution in [2.45, 2.75) is 17.3 Å². The smallest absolute Gasteiger partial charge is 0.150 e. The van der Waals surface area contributed by atoms with Crippen molar-refractivity contribution in [3.05, 3.63) is 35.7 Å². The van der Waals surface area contributed by atoms with E-state index in [1.54, 1.807) is 23.1 Å². The largest absolute Gasteiger partial charge is 0.327 e. The van der Waals surface area contributed by atoms with Gasteiger partial charge >= 0.3 is 0 Å². The first-order chi connectivity index (χ1) is 7.75. The number of benzene rings is 1. The highest BCUT2D eigenvalue weighted by molar-refractivity contribution is 8.01. The molecule has 0 saturated carbocycles. The standard InChI is InChI=1S/C12H14N2S2.ClH/c1-9(13)7-15-12-14-11(8-16-12)10-5-3-2-4-6-10;/h2-6,8-9H,7,13H2,1H3;1H. The molecule has 17 heavy (non-hydrogen) atoms. The van der Waals surface area contributed by atoms with Gasteiger partial charge < -0.3 is 5.73 Å². The van der Waals surface area contributed by atoms with Crippen molar-refractivity contribution in [1.29, 1.82) is 0 Å². The van der Waals surface area contributed by atoms with E-state index in [9.17, 15) is 0 Å². The number of nitrogens with two attached hydrogens (primary N) is 1. The monoisotopic (exact) mass is 286 g/mol. The van der Waals surface area contributed by atoms with Crippen LogP contribution in [0.2, 0.25) is 0 Å². The van der Waals surface area contributed by atoms with Gasteiger partial charge in [-0.3, -0.25) is 0 Å². The highest BCUT2D eigenvalue weighted by atomic mass is 35.5. The van der Waals surface area contributed by atoms with E-state index in [0.29, 0.717) is 0 Å². The lowest BCUT2D eigenvalue weighted by Gasteiger charge is -2.00. The zero-order valence-electron chi connectivity index (χ0n) is 9.50. The van der Waals surface area contributed by atoms with E-state index in [1.165, 1.54) is 5.56 Å². The Bertz CT molecular complexity index is 443. The Morgan fingerprint density at radius 3 is 2.71 bits per heavy atom. The maximum atomic E-state index is 5.71. The summed E-state index contributed by atoms with van der Waals surface area (Å²) in [6, 6.07) is 10.5. The zero-order chi connectivity index (χ0) is 11.4. The van der Waals surface area contributed by atoms with Crippen LogP contribution >= 0.6 is 35.5 Å². The molecule has 1 atom stereocenters. The first-order valence-corrected chi connectivity index (χ1v) is 7.01. The number of thiazole rings is 1. The summed E-state index contributed by atoms with van der Waals surface area (Å²) in [5.41, 5.74) is 7.94. The van der Waals surface area contributed by atoms with Gasteiger partial charge in [-0.1, -0.05) is 42.1 Å². The third-order valence-corrected chi connectivity index (χ3v) is 4.33. The molecule has 1 aromatic heterocycles. The van der Waals surface area contributed by atoms with Crippen molar-refractivity contribution in [2.75, 3.05) is 5.75 Å². The van der Waals surface area contributed by atoms with Gasteiger partial charge in [0, 0.05) is 22.7 Å². The maximum absolute atomic E-state index is 5.71. The van der Waals surface area contributed by atoms with Crippen LogP contribution in [-0.4, -0.2) is 16.8 Å². The Labute approximate surface area is 116 Å². The molecule has 0 bridgehead atoms. The Kier molecular flexibility index (Phi) is 5.98. The number of aromatic nitrogens is 1. The van der Waals surface area contributed by atoms with Crippen LogP contribution in [0.15, 0.2) is 40.1 Å². The van der Waals surface area contributed by atoms with Crippen molar-refractivity contribution in [2.24, 2.45) is 5.73 Å². The summed E-state index contributed by atoms with van der Waals surface area (Å²) in [5.74, 6) is 0.918. The molecular weight excluding hydrogens is 272 g/mol. The summed E-state index contributed by atoms with van der Waals surface area (Å²) < 4.78 is 1.09. The first kappa shape index (κ1) is 14.5. The summed E-state index contributed by atoms with van der Waals surface area (Å²) in [5, 5.41) is 2.10. The summed E-state index contributed by atoms with van der Waals surface area (Å²) >= 11 is 3.41. The van der Waals surface area contributed by atoms with Crippen molar-refractivity contribution >= 4 is 35.5 Å². The van der Waals surface area contributed by atoms with Gasteiger partial charge in [-0.25, -0.2) is 4.98 Å². The Balaban J connectivity index is 0.00000144. The molecule has 1 aromatic carbocycles. The van der Waals surface area contributed by atoms with E-state index < -0.39 is 0 Å². The van der Waals surface area contributed by atoms with Crippen LogP contribution in [0.25, 0.3) is 11.3 Å². The van der Waals surface area contributed by atoms with Crippen molar-refractivity contribution in [3.63, 3.8) is 0 Å². The van der Waals surface area contributed by atoms with Gasteiger partial charge in [0.05, 0.1) is 5.69 Å². The minimum Gasteiger partial charge on any atom is -0.327 e. The summed E-state index contributed by atoms with van der Waals surface area (Å²) in [6.45, 7) is 2.01. The maximum Gasteiger partial charge on any atom is 0.150 e. The molecule has 5 heteroatoms. The van der Waals surface area contributed by atoms with Gasteiger partial charge in [-0.05, 0) is 6.92 Å². The Morgan fingerprint density at radius 2 is 2.06 bits per heavy atom. The minimum atomic E-state index is 0. The third kappa shape index (κ3) is 4.32. The molecule has 0 fully saturated rings. The van der Waals surface area contributed by atoms with Gasteiger partial charge in [0.25, 0.3) is 0 Å². The zero-order valence-corrected chi connectivity index (χ0v) is 11.9. The Hall–Kier alpha value is -0.550. The molecule has 1 unspecified atom stereocenters. The van der Waals surface area contributed by atoms with Gasteiger partial charge in [-0.2, -0.15) is 0 Å². The molecular formula is C12H15ClN2S2. The van der Waals surface area contributed by atoms with Gasteiger partial charge in [-0.15, -0.1) is 23.7 Å². The van der Waals surface area contributed by atoms with E-state index in [4.69, 9.17) is 5.73 Å². The SMILES string of the molecule is CC(N)CSc1nc(-c2ccccc2)cs1.Cl. The van der Waals surface area contributed by atoms with Crippen molar-refractivity contribution in [1.82, 2.24) is 4.98 Å². The predicted octanol–water partition coefficient (Wildman–Crippen LogP) is 3.67. The van der Waals surface area contributed by atoms with Crippen molar-refractivity contribution < 1.29 is 0 Å². The predicted molar refractivity (Wildman–Crippen MR) is 79.2 cm³/mol. The summed E-state index contributed by atoms with van der Waals surface area (Å²) in [4.78, 5) is 4.58. The number of thioether (sulfide) groups is 1. The molecule has 0 amide bonds. The van der Waals surface area contributed by atoms with Gasteiger partial charge in [0.15, 0.2) is 4.34 Å². The summed E-state index contributed by atoms with van der Waals surface area (Å²) in [6.07, 6.45) is 0. The normalized spacial score (nSPS) is 11.9. The van der Waals surface area contributed by atoms with Crippen LogP contribution in [0.3, 0.4) is 0 Å². The lowest BCUT2D eigenvalue weighted by atomic mass is 10.2. The van der Waals surface area contributed by atoms with E-state index in [-0.39, 0.29) is 18.4 Å². The number of nitrogens with zero attached hydrogens (tertiary/aromatic N) is 1. The molecule has 1 heterocycles. The van der Waals surface area contributed by atoms with Crippen molar-refractivity contribution in [3.8, 4) is 11.3 Å². The highest BCUT2D eigenvalue weighted by Crippen LogP contribution is 2.28. The molecule has 0 aliphatic carbocycles. The quantitative estimate of drug-likeness (QED) is 0.872. The van der Waals surface area contributed by atoms with Crippen LogP contribution in [0.5, 0.6) is 0 Å². The first-order valence-electron chi connectivity index (χ1n) is 5.15. The minimum absolute atomic E-state index is 0. The average molecular weight is 287 g/mol. The average Bonchev–Trinajstić information content (AvgIpc) is 2.76. The number of hydrogen-bond donors (Lipinski definition) is 1. The molecule has 2 nitrogen and oxygen atoms in total. The summed E-state index contributed by atoms with van der Waals surface area (Å²) in [7, 11) is 0. The molecule has 2 N–H and O–H groups in total. The fourth-order valence-electron chi connectivity index (χ4n) is 1.27. The fraction of sp³-hybridized carbons (Fsp3) is 0.250. The molecule has 0 aliphatic rings. The number of rotatable bonds is 4. The topological polar surface area (TPSA) is 38.9 Å². The van der Waals surface area contributed by atoms with E-state index >= 15 is 0 Å². The lowest BCUT2D eigenvalue weighted by molar-refractivity contribution is 0.847. The van der Waals surface area contributed by atoms with E-state index in [2.05, 4.69) is 22.5 Å². The molecule has 2 rings (SSSR count). The van der Waals surface area contributed by atoms with Crippen LogP contribution in [0, 0.1) is 0 Å². The molecule has 0 aliphatic heterocycles. The van der Waals surface area contributed by atoms with Gasteiger partial charge in [0.1, 0.15) is 0 Å². The fourth-order valence-corrected chi connectivity index (χ4v) is 3.01. The van der Waals surface area contributed by atoms with Crippen LogP contribution in [0.4, 0.5) is 0 Å². The lowest BCUT2D eigenvalue weighted by Crippen LogP contribution is -2.17.